The Bertz CT molecular complexity index is 378. The predicted molar refractivity (Wildman–Crippen MR) is 38.9 cm³/mol. The van der Waals surface area contributed by atoms with E-state index < -0.39 is 35.1 Å². The highest BCUT2D eigenvalue weighted by molar-refractivity contribution is 5.74. The van der Waals surface area contributed by atoms with Crippen molar-refractivity contribution in [2.45, 2.75) is 6.10 Å². The number of hydrogen-bond donors (Lipinski definition) is 2. The highest BCUT2D eigenvalue weighted by Gasteiger charge is 2.26. The van der Waals surface area contributed by atoms with Gasteiger partial charge in [-0.15, -0.1) is 0 Å². The van der Waals surface area contributed by atoms with Gasteiger partial charge >= 0.3 is 5.97 Å². The minimum absolute atomic E-state index is 0.503. The van der Waals surface area contributed by atoms with Crippen molar-refractivity contribution in [3.63, 3.8) is 0 Å². The fraction of sp³-hybridized carbons (Fsp3) is 0.125. The second-order valence-electron chi connectivity index (χ2n) is 2.50. The summed E-state index contributed by atoms with van der Waals surface area (Å²) in [6.07, 6.45) is -2.41. The molecule has 3 nitrogen and oxygen atoms in total. The molecule has 6 heteroatoms. The van der Waals surface area contributed by atoms with Gasteiger partial charge in [-0.2, -0.15) is 0 Å². The summed E-state index contributed by atoms with van der Waals surface area (Å²) < 4.78 is 38.2. The van der Waals surface area contributed by atoms with Crippen LogP contribution in [0.5, 0.6) is 0 Å². The van der Waals surface area contributed by atoms with E-state index in [0.717, 1.165) is 0 Å². The summed E-state index contributed by atoms with van der Waals surface area (Å²) in [6.45, 7) is 0. The summed E-state index contributed by atoms with van der Waals surface area (Å²) in [5, 5.41) is 17.1. The van der Waals surface area contributed by atoms with Crippen LogP contribution in [0.15, 0.2) is 12.1 Å². The summed E-state index contributed by atoms with van der Waals surface area (Å²) in [4.78, 5) is 10.2. The van der Waals surface area contributed by atoms with E-state index in [2.05, 4.69) is 0 Å². The highest BCUT2D eigenvalue weighted by Crippen LogP contribution is 2.22. The Kier molecular flexibility index (Phi) is 2.76. The molecule has 0 aliphatic heterocycles. The molecule has 1 aromatic carbocycles. The third kappa shape index (κ3) is 1.69. The summed E-state index contributed by atoms with van der Waals surface area (Å²) >= 11 is 0. The Labute approximate surface area is 76.4 Å². The molecule has 0 aromatic heterocycles. The van der Waals surface area contributed by atoms with Gasteiger partial charge in [0, 0.05) is 0 Å². The molecule has 1 aromatic rings. The van der Waals surface area contributed by atoms with Gasteiger partial charge in [-0.3, -0.25) is 0 Å². The molecule has 76 valence electrons. The van der Waals surface area contributed by atoms with Crippen LogP contribution in [0.4, 0.5) is 13.2 Å². The zero-order chi connectivity index (χ0) is 10.9. The van der Waals surface area contributed by atoms with Gasteiger partial charge in [-0.1, -0.05) is 0 Å². The third-order valence-electron chi connectivity index (χ3n) is 1.59. The summed E-state index contributed by atoms with van der Waals surface area (Å²) in [5.74, 6) is -6.27. The molecule has 1 atom stereocenters. The first-order valence-corrected chi connectivity index (χ1v) is 3.49. The zero-order valence-electron chi connectivity index (χ0n) is 6.67. The Morgan fingerprint density at radius 1 is 1.21 bits per heavy atom. The van der Waals surface area contributed by atoms with Gasteiger partial charge in [0.2, 0.25) is 0 Å². The van der Waals surface area contributed by atoms with Gasteiger partial charge < -0.3 is 10.2 Å². The number of carboxylic acids is 1. The van der Waals surface area contributed by atoms with E-state index in [1.807, 2.05) is 0 Å². The number of hydrogen-bond acceptors (Lipinski definition) is 2. The van der Waals surface area contributed by atoms with Gasteiger partial charge in [0.15, 0.2) is 17.7 Å². The molecule has 0 heterocycles. The third-order valence-corrected chi connectivity index (χ3v) is 1.59. The van der Waals surface area contributed by atoms with Crippen LogP contribution in [-0.2, 0) is 4.79 Å². The maximum atomic E-state index is 12.8. The molecule has 1 rings (SSSR count). The minimum Gasteiger partial charge on any atom is -0.479 e. The minimum atomic E-state index is -2.41. The quantitative estimate of drug-likeness (QED) is 0.715. The molecule has 0 fully saturated rings. The molecule has 0 amide bonds. The Morgan fingerprint density at radius 3 is 2.21 bits per heavy atom. The lowest BCUT2D eigenvalue weighted by atomic mass is 10.1. The number of carbonyl (C=O) groups is 1. The largest absolute Gasteiger partial charge is 0.479 e. The summed E-state index contributed by atoms with van der Waals surface area (Å²) in [7, 11) is 0. The van der Waals surface area contributed by atoms with E-state index in [4.69, 9.17) is 10.2 Å². The van der Waals surface area contributed by atoms with Crippen molar-refractivity contribution in [1.82, 2.24) is 0 Å². The highest BCUT2D eigenvalue weighted by atomic mass is 19.2. The van der Waals surface area contributed by atoms with E-state index in [9.17, 15) is 18.0 Å². The smallest absolute Gasteiger partial charge is 0.337 e. The zero-order valence-corrected chi connectivity index (χ0v) is 6.67. The molecule has 0 aliphatic rings. The first-order valence-electron chi connectivity index (χ1n) is 3.49. The van der Waals surface area contributed by atoms with Gasteiger partial charge in [0.25, 0.3) is 0 Å². The molecule has 14 heavy (non-hydrogen) atoms. The molecule has 0 unspecified atom stereocenters. The molecule has 0 radical (unpaired) electrons. The average molecular weight is 206 g/mol. The van der Waals surface area contributed by atoms with Crippen LogP contribution >= 0.6 is 0 Å². The Hall–Kier alpha value is -1.56. The van der Waals surface area contributed by atoms with Crippen LogP contribution in [0, 0.1) is 17.5 Å². The number of halogens is 3. The van der Waals surface area contributed by atoms with Crippen molar-refractivity contribution >= 4 is 5.97 Å². The molecule has 0 bridgehead atoms. The van der Waals surface area contributed by atoms with Crippen LogP contribution in [0.3, 0.4) is 0 Å². The van der Waals surface area contributed by atoms with E-state index in [0.29, 0.717) is 12.1 Å². The van der Waals surface area contributed by atoms with Crippen molar-refractivity contribution in [3.05, 3.63) is 35.1 Å². The van der Waals surface area contributed by atoms with Crippen LogP contribution in [0.1, 0.15) is 11.7 Å². The van der Waals surface area contributed by atoms with Crippen LogP contribution in [0.2, 0.25) is 0 Å². The molecular formula is C8H5F3O3. The van der Waals surface area contributed by atoms with Gasteiger partial charge in [0.1, 0.15) is 5.82 Å². The predicted octanol–water partition coefficient (Wildman–Crippen LogP) is 1.22. The Balaban J connectivity index is 3.32. The van der Waals surface area contributed by atoms with Crippen molar-refractivity contribution in [2.75, 3.05) is 0 Å². The first kappa shape index (κ1) is 10.5. The lowest BCUT2D eigenvalue weighted by Crippen LogP contribution is -2.15. The number of rotatable bonds is 2. The second kappa shape index (κ2) is 3.67. The van der Waals surface area contributed by atoms with Gasteiger partial charge in [-0.05, 0) is 12.1 Å². The maximum Gasteiger partial charge on any atom is 0.337 e. The molecular weight excluding hydrogens is 201 g/mol. The van der Waals surface area contributed by atoms with Gasteiger partial charge in [0.05, 0.1) is 5.56 Å². The fourth-order valence-corrected chi connectivity index (χ4v) is 0.917. The topological polar surface area (TPSA) is 57.5 Å². The van der Waals surface area contributed by atoms with Crippen LogP contribution in [-0.4, -0.2) is 16.2 Å². The van der Waals surface area contributed by atoms with Crippen molar-refractivity contribution < 1.29 is 28.2 Å². The first-order chi connectivity index (χ1) is 6.45. The van der Waals surface area contributed by atoms with E-state index in [-0.39, 0.29) is 0 Å². The monoisotopic (exact) mass is 206 g/mol. The van der Waals surface area contributed by atoms with Crippen molar-refractivity contribution in [3.8, 4) is 0 Å². The number of carboxylic acid groups (broad SMARTS) is 1. The van der Waals surface area contributed by atoms with E-state index in [1.165, 1.54) is 0 Å². The van der Waals surface area contributed by atoms with E-state index in [1.54, 1.807) is 0 Å². The lowest BCUT2D eigenvalue weighted by molar-refractivity contribution is -0.147. The fourth-order valence-electron chi connectivity index (χ4n) is 0.917. The molecule has 0 aliphatic carbocycles. The lowest BCUT2D eigenvalue weighted by Gasteiger charge is -2.08. The molecule has 0 saturated heterocycles. The summed E-state index contributed by atoms with van der Waals surface area (Å²) in [5.41, 5.74) is -1.20. The van der Waals surface area contributed by atoms with E-state index >= 15 is 0 Å². The van der Waals surface area contributed by atoms with Crippen LogP contribution < -0.4 is 0 Å². The molecule has 0 spiro atoms. The molecule has 0 saturated carbocycles. The average Bonchev–Trinajstić information content (AvgIpc) is 2.12. The normalized spacial score (nSPS) is 12.6. The SMILES string of the molecule is O=C(O)[C@@H](O)c1c(F)ccc(F)c1F. The number of benzene rings is 1. The Morgan fingerprint density at radius 2 is 1.71 bits per heavy atom. The number of aliphatic hydroxyl groups is 1. The van der Waals surface area contributed by atoms with Crippen LogP contribution in [0.25, 0.3) is 0 Å². The number of aliphatic carboxylic acids is 1. The van der Waals surface area contributed by atoms with Crippen molar-refractivity contribution in [1.29, 1.82) is 0 Å². The second-order valence-corrected chi connectivity index (χ2v) is 2.50. The van der Waals surface area contributed by atoms with Gasteiger partial charge in [-0.25, -0.2) is 18.0 Å². The standard InChI is InChI=1S/C8H5F3O3/c9-3-1-2-4(10)6(11)5(3)7(12)8(13)14/h1-2,7,12H,(H,13,14)/t7-/m0/s1. The maximum absolute atomic E-state index is 12.8. The van der Waals surface area contributed by atoms with Crippen molar-refractivity contribution in [2.24, 2.45) is 0 Å². The molecule has 2 N–H and O–H groups in total. The summed E-state index contributed by atoms with van der Waals surface area (Å²) in [6, 6.07) is 1.04. The number of aliphatic hydroxyl groups excluding tert-OH is 1.